The first kappa shape index (κ1) is 16.3. The summed E-state index contributed by atoms with van der Waals surface area (Å²) in [5.41, 5.74) is 8.97. The molecule has 2 rings (SSSR count). The molecule has 0 aliphatic rings. The van der Waals surface area contributed by atoms with Crippen molar-refractivity contribution in [3.8, 4) is 11.5 Å². The Hall–Kier alpha value is -3.09. The van der Waals surface area contributed by atoms with Gasteiger partial charge in [-0.2, -0.15) is 0 Å². The largest absolute Gasteiger partial charge is 0.501 e. The van der Waals surface area contributed by atoms with Gasteiger partial charge in [-0.05, 0) is 13.8 Å². The summed E-state index contributed by atoms with van der Waals surface area (Å²) in [6, 6.07) is 0. The number of aromatic amines is 2. The summed E-state index contributed by atoms with van der Waals surface area (Å²) in [5, 5.41) is 0. The average molecular weight is 344 g/mol. The minimum atomic E-state index is -4.88. The lowest BCUT2D eigenvalue weighted by Crippen LogP contribution is -2.26. The van der Waals surface area contributed by atoms with E-state index >= 15 is 0 Å². The Balaban J connectivity index is 2.39. The predicted molar refractivity (Wildman–Crippen MR) is 78.2 cm³/mol. The van der Waals surface area contributed by atoms with Crippen LogP contribution in [0.15, 0.2) is 9.59 Å². The van der Waals surface area contributed by atoms with Crippen molar-refractivity contribution >= 4 is 22.0 Å². The number of nitrogens with zero attached hydrogens (tertiary/aromatic N) is 2. The number of nitrogens with one attached hydrogen (secondary N) is 2. The Morgan fingerprint density at radius 3 is 1.52 bits per heavy atom. The summed E-state index contributed by atoms with van der Waals surface area (Å²) in [5.74, 6) is -2.23. The number of anilines is 2. The van der Waals surface area contributed by atoms with Gasteiger partial charge in [0.2, 0.25) is 0 Å². The van der Waals surface area contributed by atoms with Gasteiger partial charge in [-0.25, -0.2) is 9.97 Å². The van der Waals surface area contributed by atoms with E-state index in [9.17, 15) is 18.0 Å². The van der Waals surface area contributed by atoms with E-state index in [4.69, 9.17) is 11.5 Å². The van der Waals surface area contributed by atoms with Crippen LogP contribution in [-0.4, -0.2) is 28.4 Å². The Morgan fingerprint density at radius 1 is 0.870 bits per heavy atom. The summed E-state index contributed by atoms with van der Waals surface area (Å²) < 4.78 is 32.6. The minimum absolute atomic E-state index is 0.154. The highest BCUT2D eigenvalue weighted by Crippen LogP contribution is 2.18. The van der Waals surface area contributed by atoms with Crippen LogP contribution in [0.2, 0.25) is 0 Å². The van der Waals surface area contributed by atoms with E-state index in [1.165, 1.54) is 13.8 Å². The molecule has 0 saturated carbocycles. The molecule has 0 aliphatic carbocycles. The normalized spacial score (nSPS) is 11.2. The predicted octanol–water partition coefficient (Wildman–Crippen LogP) is -1.66. The smallest absolute Gasteiger partial charge is 0.380 e. The van der Waals surface area contributed by atoms with Crippen LogP contribution in [0.5, 0.6) is 11.5 Å². The Labute approximate surface area is 128 Å². The number of H-pyrrole nitrogens is 2. The highest BCUT2D eigenvalue weighted by molar-refractivity contribution is 7.82. The summed E-state index contributed by atoms with van der Waals surface area (Å²) in [6.45, 7) is 2.87. The Bertz CT molecular complexity index is 905. The molecule has 0 aromatic carbocycles. The molecule has 2 aromatic rings. The Morgan fingerprint density at radius 2 is 1.22 bits per heavy atom. The topological polar surface area (TPSA) is 196 Å². The SMILES string of the molecule is Cc1nc(N)c(OS(=O)(=O)Oc2c(N)nc(C)[nH]c2=O)c(=O)[nH]1. The molecule has 6 N–H and O–H groups in total. The van der Waals surface area contributed by atoms with Crippen molar-refractivity contribution in [1.82, 2.24) is 19.9 Å². The molecule has 2 heterocycles. The zero-order chi connectivity index (χ0) is 17.4. The first-order valence-electron chi connectivity index (χ1n) is 5.95. The second-order valence-corrected chi connectivity index (χ2v) is 5.46. The van der Waals surface area contributed by atoms with E-state index in [1.807, 2.05) is 0 Å². The molecule has 0 spiro atoms. The number of hydrogen-bond donors (Lipinski definition) is 4. The van der Waals surface area contributed by atoms with Gasteiger partial charge >= 0.3 is 10.4 Å². The van der Waals surface area contributed by atoms with Crippen LogP contribution in [0.4, 0.5) is 11.6 Å². The molecule has 0 radical (unpaired) electrons. The first-order valence-corrected chi connectivity index (χ1v) is 7.29. The molecule has 124 valence electrons. The third-order valence-electron chi connectivity index (χ3n) is 2.41. The third kappa shape index (κ3) is 3.57. The molecule has 0 atom stereocenters. The van der Waals surface area contributed by atoms with Crippen LogP contribution >= 0.6 is 0 Å². The lowest BCUT2D eigenvalue weighted by atomic mass is 10.5. The fourth-order valence-corrected chi connectivity index (χ4v) is 2.34. The van der Waals surface area contributed by atoms with Crippen molar-refractivity contribution in [3.63, 3.8) is 0 Å². The van der Waals surface area contributed by atoms with Gasteiger partial charge in [0, 0.05) is 0 Å². The van der Waals surface area contributed by atoms with E-state index in [0.29, 0.717) is 0 Å². The number of aromatic nitrogens is 4. The van der Waals surface area contributed by atoms with Crippen molar-refractivity contribution in [2.45, 2.75) is 13.8 Å². The molecule has 23 heavy (non-hydrogen) atoms. The van der Waals surface area contributed by atoms with E-state index in [2.05, 4.69) is 28.3 Å². The van der Waals surface area contributed by atoms with Crippen molar-refractivity contribution < 1.29 is 16.8 Å². The van der Waals surface area contributed by atoms with Crippen LogP contribution in [0.1, 0.15) is 11.6 Å². The fourth-order valence-electron chi connectivity index (χ4n) is 1.58. The van der Waals surface area contributed by atoms with Gasteiger partial charge in [0.25, 0.3) is 22.6 Å². The minimum Gasteiger partial charge on any atom is -0.380 e. The van der Waals surface area contributed by atoms with Crippen LogP contribution in [-0.2, 0) is 10.4 Å². The molecule has 0 bridgehead atoms. The fraction of sp³-hybridized carbons (Fsp3) is 0.200. The summed E-state index contributed by atoms with van der Waals surface area (Å²) in [4.78, 5) is 35.0. The molecule has 13 heteroatoms. The highest BCUT2D eigenvalue weighted by Gasteiger charge is 2.24. The van der Waals surface area contributed by atoms with Gasteiger partial charge in [0.1, 0.15) is 11.6 Å². The molecule has 0 unspecified atom stereocenters. The Kier molecular flexibility index (Phi) is 3.97. The van der Waals surface area contributed by atoms with Crippen molar-refractivity contribution in [1.29, 1.82) is 0 Å². The zero-order valence-electron chi connectivity index (χ0n) is 11.9. The van der Waals surface area contributed by atoms with Crippen LogP contribution in [0, 0.1) is 13.8 Å². The second kappa shape index (κ2) is 5.60. The van der Waals surface area contributed by atoms with Crippen LogP contribution in [0.25, 0.3) is 0 Å². The van der Waals surface area contributed by atoms with Crippen molar-refractivity contribution in [2.75, 3.05) is 11.5 Å². The lowest BCUT2D eigenvalue weighted by Gasteiger charge is -2.09. The first-order chi connectivity index (χ1) is 10.6. The number of rotatable bonds is 4. The molecule has 0 amide bonds. The zero-order valence-corrected chi connectivity index (χ0v) is 12.7. The summed E-state index contributed by atoms with van der Waals surface area (Å²) >= 11 is 0. The summed E-state index contributed by atoms with van der Waals surface area (Å²) in [7, 11) is -4.88. The standard InChI is InChI=1S/C10H12N6O6S/c1-3-13-7(11)5(9(17)15-3)21-23(19,20)22-6-8(12)14-4(2)16-10(6)18/h1-2H3,(H3,11,13,15,17)(H3,12,14,16,18). The van der Waals surface area contributed by atoms with Gasteiger partial charge in [0.05, 0.1) is 0 Å². The van der Waals surface area contributed by atoms with Gasteiger partial charge < -0.3 is 29.8 Å². The molecular formula is C10H12N6O6S. The quantitative estimate of drug-likeness (QED) is 0.498. The van der Waals surface area contributed by atoms with Gasteiger partial charge in [-0.1, -0.05) is 0 Å². The summed E-state index contributed by atoms with van der Waals surface area (Å²) in [6.07, 6.45) is 0. The number of nitrogen functional groups attached to an aromatic ring is 2. The molecule has 0 saturated heterocycles. The number of nitrogens with two attached hydrogens (primary N) is 2. The number of aryl methyl sites for hydroxylation is 2. The number of hydrogen-bond acceptors (Lipinski definition) is 10. The molecular weight excluding hydrogens is 332 g/mol. The van der Waals surface area contributed by atoms with Crippen LogP contribution < -0.4 is 31.0 Å². The van der Waals surface area contributed by atoms with E-state index in [1.54, 1.807) is 0 Å². The molecule has 2 aromatic heterocycles. The van der Waals surface area contributed by atoms with Crippen molar-refractivity contribution in [2.24, 2.45) is 0 Å². The van der Waals surface area contributed by atoms with Gasteiger partial charge in [-0.3, -0.25) is 9.59 Å². The average Bonchev–Trinajstić information content (AvgIpc) is 2.38. The highest BCUT2D eigenvalue weighted by atomic mass is 32.3. The van der Waals surface area contributed by atoms with Crippen molar-refractivity contribution in [3.05, 3.63) is 32.4 Å². The van der Waals surface area contributed by atoms with Crippen LogP contribution in [0.3, 0.4) is 0 Å². The van der Waals surface area contributed by atoms with Gasteiger partial charge in [0.15, 0.2) is 11.6 Å². The maximum absolute atomic E-state index is 11.8. The third-order valence-corrected chi connectivity index (χ3v) is 3.16. The van der Waals surface area contributed by atoms with E-state index < -0.39 is 44.7 Å². The van der Waals surface area contributed by atoms with E-state index in [-0.39, 0.29) is 11.6 Å². The monoisotopic (exact) mass is 344 g/mol. The maximum Gasteiger partial charge on any atom is 0.501 e. The van der Waals surface area contributed by atoms with Gasteiger partial charge in [-0.15, -0.1) is 8.42 Å². The molecule has 12 nitrogen and oxygen atoms in total. The maximum atomic E-state index is 11.8. The molecule has 0 fully saturated rings. The molecule has 0 aliphatic heterocycles. The lowest BCUT2D eigenvalue weighted by molar-refractivity contribution is 0.388. The van der Waals surface area contributed by atoms with E-state index in [0.717, 1.165) is 0 Å². The second-order valence-electron chi connectivity index (χ2n) is 4.31.